The first-order chi connectivity index (χ1) is 16.0. The summed E-state index contributed by atoms with van der Waals surface area (Å²) in [5.41, 5.74) is 1.83. The van der Waals surface area contributed by atoms with Crippen molar-refractivity contribution >= 4 is 34.4 Å². The number of thiophene rings is 1. The van der Waals surface area contributed by atoms with Crippen molar-refractivity contribution in [3.63, 3.8) is 0 Å². The molecule has 0 N–H and O–H groups in total. The average Bonchev–Trinajstić information content (AvgIpc) is 3.37. The quantitative estimate of drug-likeness (QED) is 0.500. The van der Waals surface area contributed by atoms with E-state index in [9.17, 15) is 9.59 Å². The van der Waals surface area contributed by atoms with Crippen molar-refractivity contribution in [2.24, 2.45) is 5.92 Å². The summed E-state index contributed by atoms with van der Waals surface area (Å²) >= 11 is 1.63. The summed E-state index contributed by atoms with van der Waals surface area (Å²) in [6.07, 6.45) is 1.34. The van der Waals surface area contributed by atoms with E-state index in [1.165, 1.54) is 4.88 Å². The first-order valence-electron chi connectivity index (χ1n) is 11.6. The molecule has 1 aliphatic heterocycles. The molecule has 3 aromatic heterocycles. The van der Waals surface area contributed by atoms with Gasteiger partial charge in [-0.25, -0.2) is 9.78 Å². The van der Waals surface area contributed by atoms with Gasteiger partial charge in [-0.05, 0) is 71.6 Å². The Morgan fingerprint density at radius 2 is 1.94 bits per heavy atom. The van der Waals surface area contributed by atoms with Gasteiger partial charge in [-0.15, -0.1) is 11.3 Å². The van der Waals surface area contributed by atoms with Gasteiger partial charge in [0.2, 0.25) is 0 Å². The van der Waals surface area contributed by atoms with Crippen LogP contribution in [0.5, 0.6) is 0 Å². The average molecular weight is 485 g/mol. The van der Waals surface area contributed by atoms with Crippen LogP contribution in [0.3, 0.4) is 0 Å². The molecule has 0 spiro atoms. The van der Waals surface area contributed by atoms with Crippen LogP contribution in [0.25, 0.3) is 21.7 Å². The third kappa shape index (κ3) is 5.24. The number of carbonyl (C=O) groups excluding carboxylic acids is 2. The highest BCUT2D eigenvalue weighted by Gasteiger charge is 2.29. The molecule has 1 aliphatic rings. The Labute approximate surface area is 203 Å². The number of rotatable bonds is 4. The highest BCUT2D eigenvalue weighted by molar-refractivity contribution is 7.15. The van der Waals surface area contributed by atoms with E-state index >= 15 is 0 Å². The van der Waals surface area contributed by atoms with Crippen molar-refractivity contribution in [1.29, 1.82) is 0 Å². The Kier molecular flexibility index (Phi) is 6.66. The lowest BCUT2D eigenvalue weighted by Crippen LogP contribution is -2.43. The highest BCUT2D eigenvalue weighted by atomic mass is 32.1. The fourth-order valence-corrected chi connectivity index (χ4v) is 5.08. The Hall–Kier alpha value is -2.94. The van der Waals surface area contributed by atoms with E-state index in [2.05, 4.69) is 10.1 Å². The Balaban J connectivity index is 1.47. The number of nitrogens with zero attached hydrogens (tertiary/aromatic N) is 4. The maximum Gasteiger partial charge on any atom is 0.410 e. The minimum absolute atomic E-state index is 0.0350. The molecule has 0 bridgehead atoms. The minimum atomic E-state index is -0.516. The number of ether oxygens (including phenoxy) is 1. The molecule has 8 nitrogen and oxygen atoms in total. The third-order valence-corrected chi connectivity index (χ3v) is 7.00. The molecule has 4 heterocycles. The standard InChI is InChI=1S/C25H32N4O4S/c1-15-7-8-20(34-15)19-13-18(21-16(2)27-33-22(21)26-19)23(30)29-11-9-17(10-12-29)14-28(6)24(31)32-25(3,4)5/h7-8,13,17H,9-12,14H2,1-6H3. The second-order valence-corrected chi connectivity index (χ2v) is 11.3. The Bertz CT molecular complexity index is 1200. The molecule has 34 heavy (non-hydrogen) atoms. The molecule has 3 aromatic rings. The van der Waals surface area contributed by atoms with Crippen molar-refractivity contribution in [3.05, 3.63) is 34.3 Å². The molecule has 0 radical (unpaired) electrons. The molecule has 182 valence electrons. The first kappa shape index (κ1) is 24.2. The van der Waals surface area contributed by atoms with E-state index in [1.54, 1.807) is 23.3 Å². The number of aryl methyl sites for hydroxylation is 2. The van der Waals surface area contributed by atoms with E-state index in [4.69, 9.17) is 9.26 Å². The smallest absolute Gasteiger partial charge is 0.410 e. The number of carbonyl (C=O) groups is 2. The van der Waals surface area contributed by atoms with E-state index < -0.39 is 5.60 Å². The fourth-order valence-electron chi connectivity index (χ4n) is 4.25. The molecule has 0 aliphatic carbocycles. The predicted octanol–water partition coefficient (Wildman–Crippen LogP) is 5.29. The summed E-state index contributed by atoms with van der Waals surface area (Å²) in [6, 6.07) is 5.92. The number of pyridine rings is 1. The summed E-state index contributed by atoms with van der Waals surface area (Å²) in [7, 11) is 1.77. The summed E-state index contributed by atoms with van der Waals surface area (Å²) in [4.78, 5) is 36.2. The number of aromatic nitrogens is 2. The van der Waals surface area contributed by atoms with Crippen LogP contribution in [0.1, 0.15) is 54.5 Å². The van der Waals surface area contributed by atoms with E-state index in [1.807, 2.05) is 57.7 Å². The maximum absolute atomic E-state index is 13.6. The predicted molar refractivity (Wildman–Crippen MR) is 132 cm³/mol. The van der Waals surface area contributed by atoms with Gasteiger partial charge in [0.25, 0.3) is 11.6 Å². The van der Waals surface area contributed by atoms with Crippen LogP contribution in [0.15, 0.2) is 22.7 Å². The van der Waals surface area contributed by atoms with Gasteiger partial charge in [0, 0.05) is 31.6 Å². The molecule has 0 unspecified atom stereocenters. The molecule has 2 amide bonds. The molecule has 0 aromatic carbocycles. The van der Waals surface area contributed by atoms with Crippen LogP contribution in [0, 0.1) is 19.8 Å². The van der Waals surface area contributed by atoms with Crippen molar-refractivity contribution in [3.8, 4) is 10.6 Å². The Morgan fingerprint density at radius 1 is 1.24 bits per heavy atom. The fraction of sp³-hybridized carbons (Fsp3) is 0.520. The van der Waals surface area contributed by atoms with Crippen molar-refractivity contribution < 1.29 is 18.8 Å². The van der Waals surface area contributed by atoms with Crippen LogP contribution in [-0.2, 0) is 4.74 Å². The maximum atomic E-state index is 13.6. The molecule has 1 saturated heterocycles. The van der Waals surface area contributed by atoms with Gasteiger partial charge in [-0.1, -0.05) is 5.16 Å². The lowest BCUT2D eigenvalue weighted by molar-refractivity contribution is 0.0246. The first-order valence-corrected chi connectivity index (χ1v) is 12.4. The summed E-state index contributed by atoms with van der Waals surface area (Å²) in [5, 5.41) is 4.73. The van der Waals surface area contributed by atoms with E-state index in [-0.39, 0.29) is 12.0 Å². The van der Waals surface area contributed by atoms with Gasteiger partial charge in [0.1, 0.15) is 5.60 Å². The molecule has 4 rings (SSSR count). The van der Waals surface area contributed by atoms with Crippen LogP contribution in [0.2, 0.25) is 0 Å². The van der Waals surface area contributed by atoms with Gasteiger partial charge in [-0.2, -0.15) is 0 Å². The number of amides is 2. The molecular weight excluding hydrogens is 452 g/mol. The number of hydrogen-bond acceptors (Lipinski definition) is 7. The number of fused-ring (bicyclic) bond motifs is 1. The zero-order valence-electron chi connectivity index (χ0n) is 20.7. The molecular formula is C25H32N4O4S. The third-order valence-electron chi connectivity index (χ3n) is 5.98. The lowest BCUT2D eigenvalue weighted by atomic mass is 9.95. The highest BCUT2D eigenvalue weighted by Crippen LogP contribution is 2.32. The summed E-state index contributed by atoms with van der Waals surface area (Å²) in [6.45, 7) is 11.3. The molecule has 1 fully saturated rings. The second kappa shape index (κ2) is 9.37. The monoisotopic (exact) mass is 484 g/mol. The van der Waals surface area contributed by atoms with Crippen molar-refractivity contribution in [2.75, 3.05) is 26.7 Å². The Morgan fingerprint density at radius 3 is 2.56 bits per heavy atom. The van der Waals surface area contributed by atoms with Gasteiger partial charge in [0.05, 0.1) is 27.2 Å². The number of hydrogen-bond donors (Lipinski definition) is 0. The van der Waals surface area contributed by atoms with Crippen LogP contribution in [-0.4, -0.2) is 64.2 Å². The van der Waals surface area contributed by atoms with Crippen LogP contribution in [0.4, 0.5) is 4.79 Å². The van der Waals surface area contributed by atoms with Gasteiger partial charge in [-0.3, -0.25) is 4.79 Å². The zero-order valence-corrected chi connectivity index (χ0v) is 21.5. The van der Waals surface area contributed by atoms with Crippen LogP contribution < -0.4 is 0 Å². The zero-order chi connectivity index (χ0) is 24.6. The van der Waals surface area contributed by atoms with Gasteiger partial charge >= 0.3 is 6.09 Å². The SMILES string of the molecule is Cc1ccc(-c2cc(C(=O)N3CCC(CN(C)C(=O)OC(C)(C)C)CC3)c3c(C)noc3n2)s1. The molecule has 0 saturated carbocycles. The summed E-state index contributed by atoms with van der Waals surface area (Å²) < 4.78 is 10.9. The molecule has 0 atom stereocenters. The van der Waals surface area contributed by atoms with Gasteiger partial charge < -0.3 is 19.1 Å². The second-order valence-electron chi connectivity index (χ2n) is 10.0. The van der Waals surface area contributed by atoms with Crippen LogP contribution >= 0.6 is 11.3 Å². The largest absolute Gasteiger partial charge is 0.444 e. The lowest BCUT2D eigenvalue weighted by Gasteiger charge is -2.34. The minimum Gasteiger partial charge on any atom is -0.444 e. The normalized spacial score (nSPS) is 15.1. The number of piperidine rings is 1. The van der Waals surface area contributed by atoms with Crippen molar-refractivity contribution in [1.82, 2.24) is 19.9 Å². The van der Waals surface area contributed by atoms with E-state index in [0.717, 1.165) is 23.4 Å². The number of likely N-dealkylation sites (tertiary alicyclic amines) is 1. The van der Waals surface area contributed by atoms with Crippen molar-refractivity contribution in [2.45, 2.75) is 53.1 Å². The van der Waals surface area contributed by atoms with E-state index in [0.29, 0.717) is 47.9 Å². The summed E-state index contributed by atoms with van der Waals surface area (Å²) in [5.74, 6) is 0.285. The molecule has 9 heteroatoms. The topological polar surface area (TPSA) is 88.8 Å². The van der Waals surface area contributed by atoms with Gasteiger partial charge in [0.15, 0.2) is 0 Å².